The molecular formula is C28H51N. The summed E-state index contributed by atoms with van der Waals surface area (Å²) in [6, 6.07) is 2.75. The summed E-state index contributed by atoms with van der Waals surface area (Å²) >= 11 is 0. The van der Waals surface area contributed by atoms with Crippen LogP contribution < -0.4 is 0 Å². The van der Waals surface area contributed by atoms with Gasteiger partial charge in [0.05, 0.1) is 11.5 Å². The summed E-state index contributed by atoms with van der Waals surface area (Å²) in [6.07, 6.45) is 29.1. The molecular weight excluding hydrogens is 350 g/mol. The minimum absolute atomic E-state index is 0.0411. The summed E-state index contributed by atoms with van der Waals surface area (Å²) in [7, 11) is 0. The van der Waals surface area contributed by atoms with Gasteiger partial charge < -0.3 is 0 Å². The Labute approximate surface area is 183 Å². The number of nitrogens with zero attached hydrogens (tertiary/aromatic N) is 1. The molecule has 0 N–H and O–H groups in total. The average molecular weight is 402 g/mol. The fourth-order valence-electron chi connectivity index (χ4n) is 6.14. The van der Waals surface area contributed by atoms with Crippen LogP contribution >= 0.6 is 0 Å². The zero-order valence-electron chi connectivity index (χ0n) is 20.0. The smallest absolute Gasteiger partial charge is 0.0689 e. The lowest BCUT2D eigenvalue weighted by molar-refractivity contribution is 0.170. The molecule has 0 bridgehead atoms. The molecule has 0 unspecified atom stereocenters. The first-order valence-corrected chi connectivity index (χ1v) is 13.6. The fourth-order valence-corrected chi connectivity index (χ4v) is 6.14. The van der Waals surface area contributed by atoms with E-state index in [1.165, 1.54) is 135 Å². The molecule has 2 aliphatic carbocycles. The SMILES string of the molecule is CCCCCCCC1CCC(CCC2CCC(C#N)(CCCCCC)CC2)CC1. The predicted octanol–water partition coefficient (Wildman–Crippen LogP) is 9.60. The van der Waals surface area contributed by atoms with E-state index in [9.17, 15) is 5.26 Å². The molecule has 168 valence electrons. The van der Waals surface area contributed by atoms with Crippen LogP contribution in [-0.4, -0.2) is 0 Å². The van der Waals surface area contributed by atoms with Crippen molar-refractivity contribution in [3.8, 4) is 6.07 Å². The summed E-state index contributed by atoms with van der Waals surface area (Å²) in [5, 5.41) is 9.80. The maximum Gasteiger partial charge on any atom is 0.0689 e. The molecule has 0 radical (unpaired) electrons. The minimum Gasteiger partial charge on any atom is -0.198 e. The van der Waals surface area contributed by atoms with E-state index in [-0.39, 0.29) is 5.41 Å². The van der Waals surface area contributed by atoms with Gasteiger partial charge >= 0.3 is 0 Å². The Balaban J connectivity index is 1.55. The lowest BCUT2D eigenvalue weighted by Crippen LogP contribution is -2.26. The quantitative estimate of drug-likeness (QED) is 0.266. The highest BCUT2D eigenvalue weighted by Gasteiger charge is 2.35. The molecule has 0 atom stereocenters. The molecule has 0 aromatic carbocycles. The van der Waals surface area contributed by atoms with Crippen molar-refractivity contribution in [3.05, 3.63) is 0 Å². The standard InChI is InChI=1S/C28H51N/c1-3-5-7-9-10-12-25-13-15-26(16-14-25)17-18-27-19-22-28(24-29,23-20-27)21-11-8-6-4-2/h25-27H,3-23H2,1-2H3. The average Bonchev–Trinajstić information content (AvgIpc) is 2.77. The molecule has 2 aliphatic rings. The number of hydrogen-bond donors (Lipinski definition) is 0. The van der Waals surface area contributed by atoms with E-state index in [4.69, 9.17) is 0 Å². The maximum absolute atomic E-state index is 9.80. The van der Waals surface area contributed by atoms with Gasteiger partial charge in [0.2, 0.25) is 0 Å². The first-order valence-electron chi connectivity index (χ1n) is 13.6. The van der Waals surface area contributed by atoms with Crippen LogP contribution in [0.25, 0.3) is 0 Å². The van der Waals surface area contributed by atoms with Crippen LogP contribution in [0.2, 0.25) is 0 Å². The van der Waals surface area contributed by atoms with Crippen molar-refractivity contribution in [1.82, 2.24) is 0 Å². The molecule has 0 aliphatic heterocycles. The number of rotatable bonds is 14. The van der Waals surface area contributed by atoms with Gasteiger partial charge in [-0.1, -0.05) is 117 Å². The molecule has 1 nitrogen and oxygen atoms in total. The Hall–Kier alpha value is -0.510. The molecule has 2 fully saturated rings. The van der Waals surface area contributed by atoms with E-state index in [1.54, 1.807) is 0 Å². The van der Waals surface area contributed by atoms with Gasteiger partial charge in [0.15, 0.2) is 0 Å². The molecule has 1 heteroatoms. The fraction of sp³-hybridized carbons (Fsp3) is 0.964. The first kappa shape index (κ1) is 24.8. The maximum atomic E-state index is 9.80. The van der Waals surface area contributed by atoms with Gasteiger partial charge in [-0.05, 0) is 49.9 Å². The second-order valence-electron chi connectivity index (χ2n) is 10.8. The predicted molar refractivity (Wildman–Crippen MR) is 127 cm³/mol. The number of hydrogen-bond acceptors (Lipinski definition) is 1. The highest BCUT2D eigenvalue weighted by molar-refractivity contribution is 5.01. The Bertz CT molecular complexity index is 432. The van der Waals surface area contributed by atoms with Crippen molar-refractivity contribution in [2.75, 3.05) is 0 Å². The Morgan fingerprint density at radius 3 is 1.66 bits per heavy atom. The van der Waals surface area contributed by atoms with Crippen LogP contribution in [0.5, 0.6) is 0 Å². The summed E-state index contributed by atoms with van der Waals surface area (Å²) in [6.45, 7) is 4.58. The van der Waals surface area contributed by atoms with Crippen molar-refractivity contribution in [2.24, 2.45) is 23.2 Å². The third-order valence-electron chi connectivity index (χ3n) is 8.47. The zero-order valence-corrected chi connectivity index (χ0v) is 20.0. The summed E-state index contributed by atoms with van der Waals surface area (Å²) < 4.78 is 0. The Morgan fingerprint density at radius 2 is 1.10 bits per heavy atom. The third kappa shape index (κ3) is 9.44. The molecule has 29 heavy (non-hydrogen) atoms. The van der Waals surface area contributed by atoms with Crippen LogP contribution in [0.3, 0.4) is 0 Å². The topological polar surface area (TPSA) is 23.8 Å². The highest BCUT2D eigenvalue weighted by Crippen LogP contribution is 2.44. The number of nitriles is 1. The molecule has 0 aromatic rings. The van der Waals surface area contributed by atoms with Crippen molar-refractivity contribution < 1.29 is 0 Å². The highest BCUT2D eigenvalue weighted by atomic mass is 14.4. The van der Waals surface area contributed by atoms with Crippen molar-refractivity contribution in [2.45, 2.75) is 149 Å². The second-order valence-corrected chi connectivity index (χ2v) is 10.8. The van der Waals surface area contributed by atoms with Gasteiger partial charge in [-0.15, -0.1) is 0 Å². The van der Waals surface area contributed by atoms with Crippen molar-refractivity contribution >= 4 is 0 Å². The molecule has 0 aromatic heterocycles. The van der Waals surface area contributed by atoms with Gasteiger partial charge in [0.1, 0.15) is 0 Å². The molecule has 0 spiro atoms. The Kier molecular flexibility index (Phi) is 12.4. The normalized spacial score (nSPS) is 30.2. The lowest BCUT2D eigenvalue weighted by Gasteiger charge is -2.36. The van der Waals surface area contributed by atoms with Crippen LogP contribution in [-0.2, 0) is 0 Å². The van der Waals surface area contributed by atoms with Gasteiger partial charge in [0, 0.05) is 0 Å². The van der Waals surface area contributed by atoms with Crippen molar-refractivity contribution in [1.29, 1.82) is 5.26 Å². The van der Waals surface area contributed by atoms with Gasteiger partial charge in [-0.3, -0.25) is 0 Å². The monoisotopic (exact) mass is 401 g/mol. The summed E-state index contributed by atoms with van der Waals surface area (Å²) in [5.74, 6) is 2.98. The van der Waals surface area contributed by atoms with E-state index >= 15 is 0 Å². The zero-order chi connectivity index (χ0) is 20.8. The molecule has 0 saturated heterocycles. The molecule has 2 rings (SSSR count). The van der Waals surface area contributed by atoms with Crippen LogP contribution in [0, 0.1) is 34.5 Å². The van der Waals surface area contributed by atoms with E-state index in [2.05, 4.69) is 19.9 Å². The van der Waals surface area contributed by atoms with Gasteiger partial charge in [-0.25, -0.2) is 0 Å². The number of unbranched alkanes of at least 4 members (excludes halogenated alkanes) is 7. The first-order chi connectivity index (χ1) is 14.2. The van der Waals surface area contributed by atoms with E-state index in [1.807, 2.05) is 0 Å². The van der Waals surface area contributed by atoms with Crippen molar-refractivity contribution in [3.63, 3.8) is 0 Å². The second kappa shape index (κ2) is 14.5. The van der Waals surface area contributed by atoms with Gasteiger partial charge in [-0.2, -0.15) is 5.26 Å². The lowest BCUT2D eigenvalue weighted by atomic mass is 9.67. The molecule has 0 amide bonds. The van der Waals surface area contributed by atoms with Gasteiger partial charge in [0.25, 0.3) is 0 Å². The van der Waals surface area contributed by atoms with E-state index in [0.29, 0.717) is 0 Å². The molecule has 0 heterocycles. The third-order valence-corrected chi connectivity index (χ3v) is 8.47. The largest absolute Gasteiger partial charge is 0.198 e. The van der Waals surface area contributed by atoms with Crippen LogP contribution in [0.4, 0.5) is 0 Å². The Morgan fingerprint density at radius 1 is 0.621 bits per heavy atom. The molecule has 2 saturated carbocycles. The summed E-state index contributed by atoms with van der Waals surface area (Å²) in [5.41, 5.74) is 0.0411. The minimum atomic E-state index is 0.0411. The van der Waals surface area contributed by atoms with E-state index in [0.717, 1.165) is 17.8 Å². The van der Waals surface area contributed by atoms with Crippen LogP contribution in [0.1, 0.15) is 149 Å². The van der Waals surface area contributed by atoms with Crippen LogP contribution in [0.15, 0.2) is 0 Å². The summed E-state index contributed by atoms with van der Waals surface area (Å²) in [4.78, 5) is 0. The van der Waals surface area contributed by atoms with E-state index < -0.39 is 0 Å².